The fourth-order valence-electron chi connectivity index (χ4n) is 4.83. The van der Waals surface area contributed by atoms with Crippen LogP contribution in [0.4, 0.5) is 0 Å². The minimum absolute atomic E-state index is 0.0193. The van der Waals surface area contributed by atoms with Crippen LogP contribution in [0, 0.1) is 5.92 Å². The highest BCUT2D eigenvalue weighted by Gasteiger charge is 2.22. The first-order valence-corrected chi connectivity index (χ1v) is 17.2. The van der Waals surface area contributed by atoms with Crippen molar-refractivity contribution in [3.05, 3.63) is 12.2 Å². The maximum Gasteiger partial charge on any atom is 0.308 e. The van der Waals surface area contributed by atoms with Crippen molar-refractivity contribution in [2.45, 2.75) is 149 Å². The molecule has 0 aromatic heterocycles. The third-order valence-corrected chi connectivity index (χ3v) is 7.98. The van der Waals surface area contributed by atoms with Gasteiger partial charge in [-0.1, -0.05) is 97.1 Å². The fourth-order valence-corrected chi connectivity index (χ4v) is 4.83. The number of unbranched alkanes of at least 4 members (excludes halogenated alkanes) is 10. The Bertz CT molecular complexity index is 709. The van der Waals surface area contributed by atoms with E-state index < -0.39 is 0 Å². The first-order chi connectivity index (χ1) is 20.3. The smallest absolute Gasteiger partial charge is 0.308 e. The molecule has 0 aromatic rings. The second-order valence-corrected chi connectivity index (χ2v) is 12.0. The molecule has 42 heavy (non-hydrogen) atoms. The molecule has 0 rings (SSSR count). The first kappa shape index (κ1) is 40.1. The zero-order chi connectivity index (χ0) is 31.4. The van der Waals surface area contributed by atoms with E-state index in [-0.39, 0.29) is 43.0 Å². The van der Waals surface area contributed by atoms with Crippen LogP contribution in [0.1, 0.15) is 143 Å². The van der Waals surface area contributed by atoms with E-state index in [0.29, 0.717) is 25.9 Å². The van der Waals surface area contributed by atoms with E-state index in [2.05, 4.69) is 32.9 Å². The van der Waals surface area contributed by atoms with Crippen molar-refractivity contribution in [3.63, 3.8) is 0 Å². The van der Waals surface area contributed by atoms with Gasteiger partial charge in [-0.3, -0.25) is 14.4 Å². The monoisotopic (exact) mass is 594 g/mol. The van der Waals surface area contributed by atoms with E-state index in [4.69, 9.17) is 9.47 Å². The molecule has 7 heteroatoms. The molecule has 0 aliphatic heterocycles. The number of nitrogens with zero attached hydrogens (tertiary/aromatic N) is 2. The number of hydrogen-bond acceptors (Lipinski definition) is 6. The Kier molecular flexibility index (Phi) is 26.7. The van der Waals surface area contributed by atoms with Crippen molar-refractivity contribution in [2.75, 3.05) is 40.4 Å². The molecule has 0 N–H and O–H groups in total. The second-order valence-electron chi connectivity index (χ2n) is 12.0. The standard InChI is InChI=1S/C35H66N2O5/c1-7-10-13-16-18-21-24-32(23-20-15-12-9-3)35(40)42-29-27-37(33(38)30-31(4)36(5)6)26-28-41-34(39)25-22-19-17-14-11-8-2/h11,14,31-32H,7-10,12-13,15-30H2,1-6H3/b14-11-. The summed E-state index contributed by atoms with van der Waals surface area (Å²) in [5.74, 6) is -0.441. The van der Waals surface area contributed by atoms with E-state index in [1.54, 1.807) is 4.90 Å². The number of amides is 1. The zero-order valence-electron chi connectivity index (χ0n) is 28.3. The summed E-state index contributed by atoms with van der Waals surface area (Å²) in [5.41, 5.74) is 0. The van der Waals surface area contributed by atoms with E-state index in [0.717, 1.165) is 57.8 Å². The maximum absolute atomic E-state index is 13.1. The lowest BCUT2D eigenvalue weighted by Crippen LogP contribution is -2.40. The molecule has 0 bridgehead atoms. The predicted octanol–water partition coefficient (Wildman–Crippen LogP) is 8.11. The maximum atomic E-state index is 13.1. The molecule has 0 aromatic carbocycles. The molecular weight excluding hydrogens is 528 g/mol. The van der Waals surface area contributed by atoms with Gasteiger partial charge in [0.2, 0.25) is 5.91 Å². The summed E-state index contributed by atoms with van der Waals surface area (Å²) in [6.07, 6.45) is 22.4. The number of carbonyl (C=O) groups is 3. The third kappa shape index (κ3) is 22.7. The van der Waals surface area contributed by atoms with Crippen molar-refractivity contribution in [1.82, 2.24) is 9.80 Å². The van der Waals surface area contributed by atoms with Crippen molar-refractivity contribution >= 4 is 17.8 Å². The van der Waals surface area contributed by atoms with Crippen LogP contribution < -0.4 is 0 Å². The average molecular weight is 595 g/mol. The van der Waals surface area contributed by atoms with Gasteiger partial charge in [0.1, 0.15) is 13.2 Å². The van der Waals surface area contributed by atoms with Gasteiger partial charge in [-0.05, 0) is 59.5 Å². The molecule has 0 fully saturated rings. The third-order valence-electron chi connectivity index (χ3n) is 7.98. The summed E-state index contributed by atoms with van der Waals surface area (Å²) >= 11 is 0. The Hall–Kier alpha value is -1.89. The van der Waals surface area contributed by atoms with Crippen molar-refractivity contribution in [1.29, 1.82) is 0 Å². The molecule has 1 amide bonds. The summed E-state index contributed by atoms with van der Waals surface area (Å²) in [4.78, 5) is 42.1. The predicted molar refractivity (Wildman–Crippen MR) is 174 cm³/mol. The molecule has 246 valence electrons. The molecule has 2 unspecified atom stereocenters. The van der Waals surface area contributed by atoms with Gasteiger partial charge in [0, 0.05) is 18.9 Å². The number of hydrogen-bond donors (Lipinski definition) is 0. The molecule has 0 saturated heterocycles. The molecular formula is C35H66N2O5. The Morgan fingerprint density at radius 3 is 1.88 bits per heavy atom. The highest BCUT2D eigenvalue weighted by molar-refractivity contribution is 5.77. The lowest BCUT2D eigenvalue weighted by atomic mass is 9.94. The van der Waals surface area contributed by atoms with Gasteiger partial charge in [0.05, 0.1) is 19.0 Å². The van der Waals surface area contributed by atoms with Crippen LogP contribution in [0.3, 0.4) is 0 Å². The van der Waals surface area contributed by atoms with Gasteiger partial charge >= 0.3 is 11.9 Å². The largest absolute Gasteiger partial charge is 0.464 e. The van der Waals surface area contributed by atoms with Gasteiger partial charge in [0.25, 0.3) is 0 Å². The topological polar surface area (TPSA) is 76.1 Å². The molecule has 0 aliphatic carbocycles. The molecule has 0 aliphatic rings. The number of carbonyl (C=O) groups excluding carboxylic acids is 3. The quantitative estimate of drug-likeness (QED) is 0.0517. The lowest BCUT2D eigenvalue weighted by molar-refractivity contribution is -0.151. The first-order valence-electron chi connectivity index (χ1n) is 17.2. The molecule has 0 heterocycles. The summed E-state index contributed by atoms with van der Waals surface area (Å²) in [6.45, 7) is 9.48. The van der Waals surface area contributed by atoms with Crippen LogP contribution in [0.25, 0.3) is 0 Å². The van der Waals surface area contributed by atoms with E-state index in [1.807, 2.05) is 25.9 Å². The molecule has 2 atom stereocenters. The van der Waals surface area contributed by atoms with Gasteiger partial charge < -0.3 is 19.3 Å². The van der Waals surface area contributed by atoms with Gasteiger partial charge in [0.15, 0.2) is 0 Å². The highest BCUT2D eigenvalue weighted by atomic mass is 16.5. The number of ether oxygens (including phenoxy) is 2. The van der Waals surface area contributed by atoms with Crippen LogP contribution in [0.2, 0.25) is 0 Å². The van der Waals surface area contributed by atoms with Crippen LogP contribution in [0.15, 0.2) is 12.2 Å². The van der Waals surface area contributed by atoms with E-state index >= 15 is 0 Å². The second kappa shape index (κ2) is 27.9. The highest BCUT2D eigenvalue weighted by Crippen LogP contribution is 2.20. The van der Waals surface area contributed by atoms with Crippen LogP contribution in [-0.2, 0) is 23.9 Å². The zero-order valence-corrected chi connectivity index (χ0v) is 28.3. The summed E-state index contributed by atoms with van der Waals surface area (Å²) < 4.78 is 11.2. The number of allylic oxidation sites excluding steroid dienone is 2. The average Bonchev–Trinajstić information content (AvgIpc) is 2.96. The minimum atomic E-state index is -0.226. The van der Waals surface area contributed by atoms with Crippen molar-refractivity contribution in [2.24, 2.45) is 5.92 Å². The van der Waals surface area contributed by atoms with Gasteiger partial charge in [-0.25, -0.2) is 0 Å². The molecule has 7 nitrogen and oxygen atoms in total. The fraction of sp³-hybridized carbons (Fsp3) is 0.857. The van der Waals surface area contributed by atoms with Crippen LogP contribution >= 0.6 is 0 Å². The van der Waals surface area contributed by atoms with Crippen LogP contribution in [0.5, 0.6) is 0 Å². The molecule has 0 saturated carbocycles. The summed E-state index contributed by atoms with van der Waals surface area (Å²) in [6, 6.07) is 0.0803. The van der Waals surface area contributed by atoms with Crippen LogP contribution in [-0.4, -0.2) is 74.1 Å². The van der Waals surface area contributed by atoms with E-state index in [9.17, 15) is 14.4 Å². The Labute approximate surface area is 259 Å². The van der Waals surface area contributed by atoms with Crippen molar-refractivity contribution in [3.8, 4) is 0 Å². The molecule has 0 spiro atoms. The Morgan fingerprint density at radius 1 is 0.714 bits per heavy atom. The minimum Gasteiger partial charge on any atom is -0.464 e. The Morgan fingerprint density at radius 2 is 1.29 bits per heavy atom. The number of esters is 2. The molecule has 0 radical (unpaired) electrons. The Balaban J connectivity index is 4.86. The van der Waals surface area contributed by atoms with Gasteiger partial charge in [-0.2, -0.15) is 0 Å². The summed E-state index contributed by atoms with van der Waals surface area (Å²) in [7, 11) is 3.91. The van der Waals surface area contributed by atoms with Crippen molar-refractivity contribution < 1.29 is 23.9 Å². The normalized spacial score (nSPS) is 12.9. The number of rotatable bonds is 28. The van der Waals surface area contributed by atoms with Gasteiger partial charge in [-0.15, -0.1) is 0 Å². The summed E-state index contributed by atoms with van der Waals surface area (Å²) in [5, 5.41) is 0. The SMILES string of the molecule is CC/C=C\CCCCC(=O)OCCN(CCOC(=O)C(CCCCCC)CCCCCCCC)C(=O)CC(C)N(C)C. The lowest BCUT2D eigenvalue weighted by Gasteiger charge is -2.26. The van der Waals surface area contributed by atoms with E-state index in [1.165, 1.54) is 44.9 Å².